The highest BCUT2D eigenvalue weighted by atomic mass is 16.6. The molecule has 0 unspecified atom stereocenters. The van der Waals surface area contributed by atoms with Crippen molar-refractivity contribution in [3.05, 3.63) is 71.5 Å². The van der Waals surface area contributed by atoms with E-state index in [1.54, 1.807) is 0 Å². The molecule has 2 aromatic carbocycles. The van der Waals surface area contributed by atoms with Crippen molar-refractivity contribution in [1.82, 2.24) is 4.57 Å². The molecule has 8 nitrogen and oxygen atoms in total. The summed E-state index contributed by atoms with van der Waals surface area (Å²) in [5, 5.41) is 0. The molecular formula is C34H43NO7. The zero-order valence-corrected chi connectivity index (χ0v) is 25.3. The molecule has 0 bridgehead atoms. The SMILES string of the molecule is CC(=O)OCCOCCOCCOCCOC(=O)Cc1c(-c2ccc(C)cc2)c(-c2ccccc2)c2n1CC(C)(C)C2. The molecule has 2 heterocycles. The smallest absolute Gasteiger partial charge is 0.311 e. The van der Waals surface area contributed by atoms with Crippen molar-refractivity contribution >= 4 is 11.9 Å². The number of hydrogen-bond donors (Lipinski definition) is 0. The van der Waals surface area contributed by atoms with Crippen molar-refractivity contribution in [2.75, 3.05) is 52.9 Å². The van der Waals surface area contributed by atoms with Crippen LogP contribution in [-0.2, 0) is 52.7 Å². The van der Waals surface area contributed by atoms with E-state index < -0.39 is 0 Å². The van der Waals surface area contributed by atoms with Gasteiger partial charge in [0.1, 0.15) is 13.2 Å². The second kappa shape index (κ2) is 15.1. The lowest BCUT2D eigenvalue weighted by molar-refractivity contribution is -0.144. The fraction of sp³-hybridized carbons (Fsp3) is 0.471. The van der Waals surface area contributed by atoms with Crippen LogP contribution in [0.3, 0.4) is 0 Å². The first-order valence-corrected chi connectivity index (χ1v) is 14.6. The Hall–Kier alpha value is -3.46. The number of hydrogen-bond acceptors (Lipinski definition) is 7. The summed E-state index contributed by atoms with van der Waals surface area (Å²) in [5.74, 6) is -0.585. The van der Waals surface area contributed by atoms with Gasteiger partial charge in [0, 0.05) is 36.0 Å². The molecule has 0 atom stereocenters. The zero-order valence-electron chi connectivity index (χ0n) is 25.3. The van der Waals surface area contributed by atoms with Crippen LogP contribution in [0, 0.1) is 12.3 Å². The summed E-state index contributed by atoms with van der Waals surface area (Å²) in [7, 11) is 0. The first kappa shape index (κ1) is 31.5. The van der Waals surface area contributed by atoms with Gasteiger partial charge in [-0.15, -0.1) is 0 Å². The number of carbonyl (C=O) groups excluding carboxylic acids is 2. The van der Waals surface area contributed by atoms with E-state index in [0.717, 1.165) is 29.8 Å². The summed E-state index contributed by atoms with van der Waals surface area (Å²) < 4.78 is 29.1. The van der Waals surface area contributed by atoms with Crippen molar-refractivity contribution in [2.24, 2.45) is 5.41 Å². The number of aryl methyl sites for hydroxylation is 1. The molecule has 42 heavy (non-hydrogen) atoms. The molecule has 0 N–H and O–H groups in total. The van der Waals surface area contributed by atoms with Crippen LogP contribution in [0.4, 0.5) is 0 Å². The molecule has 3 aromatic rings. The second-order valence-corrected chi connectivity index (χ2v) is 11.4. The van der Waals surface area contributed by atoms with Gasteiger partial charge < -0.3 is 28.3 Å². The molecule has 0 aliphatic carbocycles. The van der Waals surface area contributed by atoms with Gasteiger partial charge in [0.05, 0.1) is 46.1 Å². The largest absolute Gasteiger partial charge is 0.463 e. The fourth-order valence-electron chi connectivity index (χ4n) is 5.35. The molecule has 0 spiro atoms. The zero-order chi connectivity index (χ0) is 30.0. The summed E-state index contributed by atoms with van der Waals surface area (Å²) in [4.78, 5) is 23.8. The average Bonchev–Trinajstić information content (AvgIpc) is 3.42. The summed E-state index contributed by atoms with van der Waals surface area (Å²) in [6.45, 7) is 11.6. The molecular weight excluding hydrogens is 534 g/mol. The minimum atomic E-state index is -0.320. The van der Waals surface area contributed by atoms with Crippen molar-refractivity contribution < 1.29 is 33.3 Å². The van der Waals surface area contributed by atoms with Gasteiger partial charge in [0.25, 0.3) is 0 Å². The van der Waals surface area contributed by atoms with Gasteiger partial charge in [0.2, 0.25) is 0 Å². The van der Waals surface area contributed by atoms with Crippen LogP contribution in [0.5, 0.6) is 0 Å². The van der Waals surface area contributed by atoms with Crippen molar-refractivity contribution in [2.45, 2.75) is 47.1 Å². The Morgan fingerprint density at radius 3 is 1.88 bits per heavy atom. The summed E-state index contributed by atoms with van der Waals surface area (Å²) >= 11 is 0. The maximum atomic E-state index is 13.1. The number of benzene rings is 2. The van der Waals surface area contributed by atoms with E-state index >= 15 is 0 Å². The maximum absolute atomic E-state index is 13.1. The number of nitrogens with zero attached hydrogens (tertiary/aromatic N) is 1. The van der Waals surface area contributed by atoms with Crippen molar-refractivity contribution in [3.63, 3.8) is 0 Å². The van der Waals surface area contributed by atoms with Crippen LogP contribution in [0.1, 0.15) is 37.7 Å². The quantitative estimate of drug-likeness (QED) is 0.166. The molecule has 4 rings (SSSR count). The number of ether oxygens (including phenoxy) is 5. The van der Waals surface area contributed by atoms with Gasteiger partial charge >= 0.3 is 11.9 Å². The molecule has 1 aromatic heterocycles. The fourth-order valence-corrected chi connectivity index (χ4v) is 5.35. The van der Waals surface area contributed by atoms with E-state index in [4.69, 9.17) is 23.7 Å². The Morgan fingerprint density at radius 2 is 1.29 bits per heavy atom. The minimum absolute atomic E-state index is 0.106. The number of rotatable bonds is 16. The van der Waals surface area contributed by atoms with Crippen molar-refractivity contribution in [3.8, 4) is 22.3 Å². The van der Waals surface area contributed by atoms with E-state index in [9.17, 15) is 9.59 Å². The van der Waals surface area contributed by atoms with Gasteiger partial charge in [0.15, 0.2) is 0 Å². The lowest BCUT2D eigenvalue weighted by Crippen LogP contribution is -2.18. The van der Waals surface area contributed by atoms with Crippen molar-refractivity contribution in [1.29, 1.82) is 0 Å². The molecule has 8 heteroatoms. The summed E-state index contributed by atoms with van der Waals surface area (Å²) in [6.07, 6.45) is 1.14. The number of aromatic nitrogens is 1. The molecule has 0 amide bonds. The Balaban J connectivity index is 1.33. The number of carbonyl (C=O) groups is 2. The third kappa shape index (κ3) is 8.77. The second-order valence-electron chi connectivity index (χ2n) is 11.4. The lowest BCUT2D eigenvalue weighted by atomic mass is 9.86. The van der Waals surface area contributed by atoms with Gasteiger partial charge in [-0.1, -0.05) is 74.0 Å². The average molecular weight is 578 g/mol. The molecule has 0 saturated heterocycles. The Labute approximate surface area is 248 Å². The lowest BCUT2D eigenvalue weighted by Gasteiger charge is -2.19. The Kier molecular flexibility index (Phi) is 11.3. The van der Waals surface area contributed by atoms with Crippen LogP contribution in [0.2, 0.25) is 0 Å². The first-order chi connectivity index (χ1) is 20.2. The van der Waals surface area contributed by atoms with E-state index in [1.807, 2.05) is 6.07 Å². The Morgan fingerprint density at radius 1 is 0.738 bits per heavy atom. The van der Waals surface area contributed by atoms with Gasteiger partial charge in [-0.3, -0.25) is 9.59 Å². The predicted octanol–water partition coefficient (Wildman–Crippen LogP) is 5.41. The molecule has 1 aliphatic heterocycles. The van der Waals surface area contributed by atoms with E-state index in [0.29, 0.717) is 39.6 Å². The minimum Gasteiger partial charge on any atom is -0.463 e. The monoisotopic (exact) mass is 577 g/mol. The molecule has 0 radical (unpaired) electrons. The topological polar surface area (TPSA) is 85.2 Å². The van der Waals surface area contributed by atoms with Crippen LogP contribution >= 0.6 is 0 Å². The van der Waals surface area contributed by atoms with Gasteiger partial charge in [-0.05, 0) is 29.9 Å². The van der Waals surface area contributed by atoms with Crippen LogP contribution < -0.4 is 0 Å². The third-order valence-corrected chi connectivity index (χ3v) is 7.19. The highest BCUT2D eigenvalue weighted by Gasteiger charge is 2.36. The van der Waals surface area contributed by atoms with E-state index in [-0.39, 0.29) is 37.0 Å². The highest BCUT2D eigenvalue weighted by molar-refractivity contribution is 5.90. The standard InChI is InChI=1S/C34H43NO7/c1-25-10-12-28(13-11-25)32-29(35-24-34(3,4)23-30(35)33(32)27-8-6-5-7-9-27)22-31(37)42-21-19-40-17-15-38-14-16-39-18-20-41-26(2)36/h5-13H,14-24H2,1-4H3. The highest BCUT2D eigenvalue weighted by Crippen LogP contribution is 2.47. The third-order valence-electron chi connectivity index (χ3n) is 7.19. The molecule has 0 fully saturated rings. The first-order valence-electron chi connectivity index (χ1n) is 14.6. The summed E-state index contributed by atoms with van der Waals surface area (Å²) in [5.41, 5.74) is 8.20. The maximum Gasteiger partial charge on any atom is 0.311 e. The number of esters is 2. The Bertz CT molecular complexity index is 1310. The van der Waals surface area contributed by atoms with Gasteiger partial charge in [-0.25, -0.2) is 0 Å². The molecule has 0 saturated carbocycles. The normalized spacial score (nSPS) is 13.6. The van der Waals surface area contributed by atoms with E-state index in [1.165, 1.54) is 29.3 Å². The van der Waals surface area contributed by atoms with Crippen LogP contribution in [-0.4, -0.2) is 69.4 Å². The predicted molar refractivity (Wildman–Crippen MR) is 161 cm³/mol. The number of fused-ring (bicyclic) bond motifs is 1. The van der Waals surface area contributed by atoms with E-state index in [2.05, 4.69) is 73.9 Å². The van der Waals surface area contributed by atoms with Crippen LogP contribution in [0.25, 0.3) is 22.3 Å². The van der Waals surface area contributed by atoms with Crippen LogP contribution in [0.15, 0.2) is 54.6 Å². The summed E-state index contributed by atoms with van der Waals surface area (Å²) in [6, 6.07) is 19.0. The molecule has 1 aliphatic rings. The van der Waals surface area contributed by atoms with Gasteiger partial charge in [-0.2, -0.15) is 0 Å². The molecule has 226 valence electrons.